The van der Waals surface area contributed by atoms with Crippen LogP contribution in [0.15, 0.2) is 38.8 Å². The molecule has 0 amide bonds. The van der Waals surface area contributed by atoms with Crippen LogP contribution in [-0.4, -0.2) is 36.7 Å². The lowest BCUT2D eigenvalue weighted by molar-refractivity contribution is -0.139. The SMILES string of the molecule is CCCCCCCn1c(=O)c(NCCCc2cccc(SC(C)(CCC)C(=O)O)c2)nn(C)c1=O. The lowest BCUT2D eigenvalue weighted by Gasteiger charge is -2.23. The van der Waals surface area contributed by atoms with Gasteiger partial charge in [-0.3, -0.25) is 14.2 Å². The smallest absolute Gasteiger partial charge is 0.347 e. The van der Waals surface area contributed by atoms with Gasteiger partial charge in [0.1, 0.15) is 4.75 Å². The van der Waals surface area contributed by atoms with E-state index in [1.54, 1.807) is 14.0 Å². The second-order valence-corrected chi connectivity index (χ2v) is 10.8. The van der Waals surface area contributed by atoms with Crippen molar-refractivity contribution >= 4 is 23.5 Å². The molecule has 0 saturated heterocycles. The molecule has 1 aromatic carbocycles. The first-order chi connectivity index (χ1) is 16.7. The third-order valence-corrected chi connectivity index (χ3v) is 7.37. The highest BCUT2D eigenvalue weighted by atomic mass is 32.2. The summed E-state index contributed by atoms with van der Waals surface area (Å²) >= 11 is 1.39. The molecule has 2 aromatic rings. The van der Waals surface area contributed by atoms with E-state index in [1.165, 1.54) is 21.0 Å². The number of aliphatic carboxylic acids is 1. The number of carboxylic acids is 1. The zero-order valence-electron chi connectivity index (χ0n) is 21.5. The fourth-order valence-electron chi connectivity index (χ4n) is 4.01. The fourth-order valence-corrected chi connectivity index (χ4v) is 5.28. The molecule has 1 atom stereocenters. The van der Waals surface area contributed by atoms with Gasteiger partial charge >= 0.3 is 11.7 Å². The molecule has 0 bridgehead atoms. The molecule has 9 heteroatoms. The van der Waals surface area contributed by atoms with Crippen LogP contribution in [0, 0.1) is 0 Å². The van der Waals surface area contributed by atoms with E-state index in [4.69, 9.17) is 0 Å². The van der Waals surface area contributed by atoms with Gasteiger partial charge in [-0.05, 0) is 50.3 Å². The van der Waals surface area contributed by atoms with Gasteiger partial charge in [-0.1, -0.05) is 58.1 Å². The molecule has 2 rings (SSSR count). The fraction of sp³-hybridized carbons (Fsp3) is 0.615. The number of carbonyl (C=O) groups is 1. The highest BCUT2D eigenvalue weighted by molar-refractivity contribution is 8.01. The van der Waals surface area contributed by atoms with Crippen molar-refractivity contribution in [1.29, 1.82) is 0 Å². The molecule has 0 fully saturated rings. The molecular formula is C26H40N4O4S. The monoisotopic (exact) mass is 504 g/mol. The molecular weight excluding hydrogens is 464 g/mol. The van der Waals surface area contributed by atoms with E-state index in [2.05, 4.69) is 17.3 Å². The van der Waals surface area contributed by atoms with Crippen molar-refractivity contribution in [2.24, 2.45) is 7.05 Å². The predicted molar refractivity (Wildman–Crippen MR) is 143 cm³/mol. The van der Waals surface area contributed by atoms with Gasteiger partial charge in [0.25, 0.3) is 5.56 Å². The van der Waals surface area contributed by atoms with E-state index in [9.17, 15) is 19.5 Å². The van der Waals surface area contributed by atoms with Crippen LogP contribution in [-0.2, 0) is 24.8 Å². The third kappa shape index (κ3) is 8.56. The molecule has 2 N–H and O–H groups in total. The molecule has 0 saturated carbocycles. The Kier molecular flexibility index (Phi) is 11.6. The maximum Gasteiger partial charge on any atom is 0.347 e. The van der Waals surface area contributed by atoms with Crippen molar-refractivity contribution in [3.05, 3.63) is 50.7 Å². The Morgan fingerprint density at radius 2 is 1.86 bits per heavy atom. The molecule has 0 radical (unpaired) electrons. The molecule has 0 aliphatic carbocycles. The molecule has 1 unspecified atom stereocenters. The Bertz CT molecular complexity index is 1080. The van der Waals surface area contributed by atoms with Gasteiger partial charge in [-0.25, -0.2) is 9.48 Å². The largest absolute Gasteiger partial charge is 0.480 e. The maximum absolute atomic E-state index is 12.8. The molecule has 0 aliphatic rings. The van der Waals surface area contributed by atoms with E-state index >= 15 is 0 Å². The first-order valence-corrected chi connectivity index (χ1v) is 13.5. The number of hydrogen-bond acceptors (Lipinski definition) is 6. The normalized spacial score (nSPS) is 12.9. The first kappa shape index (κ1) is 28.7. The Hall–Kier alpha value is -2.55. The first-order valence-electron chi connectivity index (χ1n) is 12.6. The number of hydrogen-bond donors (Lipinski definition) is 2. The summed E-state index contributed by atoms with van der Waals surface area (Å²) in [6.07, 6.45) is 8.16. The summed E-state index contributed by atoms with van der Waals surface area (Å²) in [5.41, 5.74) is 0.353. The molecule has 1 aromatic heterocycles. The average Bonchev–Trinajstić information content (AvgIpc) is 2.82. The van der Waals surface area contributed by atoms with E-state index in [0.717, 1.165) is 61.8 Å². The lowest BCUT2D eigenvalue weighted by atomic mass is 10.1. The minimum Gasteiger partial charge on any atom is -0.480 e. The lowest BCUT2D eigenvalue weighted by Crippen LogP contribution is -2.41. The number of rotatable bonds is 16. The molecule has 8 nitrogen and oxygen atoms in total. The summed E-state index contributed by atoms with van der Waals surface area (Å²) in [5, 5.41) is 16.9. The van der Waals surface area contributed by atoms with Crippen molar-refractivity contribution in [2.75, 3.05) is 11.9 Å². The quantitative estimate of drug-likeness (QED) is 0.252. The third-order valence-electron chi connectivity index (χ3n) is 6.05. The van der Waals surface area contributed by atoms with Gasteiger partial charge in [0.15, 0.2) is 0 Å². The molecule has 194 valence electrons. The van der Waals surface area contributed by atoms with E-state index in [-0.39, 0.29) is 17.1 Å². The van der Waals surface area contributed by atoms with Crippen LogP contribution in [0.3, 0.4) is 0 Å². The van der Waals surface area contributed by atoms with Crippen LogP contribution >= 0.6 is 11.8 Å². The topological polar surface area (TPSA) is 106 Å². The van der Waals surface area contributed by atoms with Crippen LogP contribution in [0.1, 0.15) is 77.7 Å². The number of nitrogens with one attached hydrogen (secondary N) is 1. The van der Waals surface area contributed by atoms with E-state index in [1.807, 2.05) is 31.2 Å². The molecule has 0 spiro atoms. The number of anilines is 1. The van der Waals surface area contributed by atoms with Gasteiger partial charge in [0.05, 0.1) is 0 Å². The second kappa shape index (κ2) is 14.1. The van der Waals surface area contributed by atoms with Crippen LogP contribution in [0.4, 0.5) is 5.82 Å². The van der Waals surface area contributed by atoms with Crippen LogP contribution in [0.5, 0.6) is 0 Å². The Labute approximate surface area is 212 Å². The Morgan fingerprint density at radius 3 is 2.54 bits per heavy atom. The minimum absolute atomic E-state index is 0.196. The van der Waals surface area contributed by atoms with Gasteiger partial charge < -0.3 is 10.4 Å². The summed E-state index contributed by atoms with van der Waals surface area (Å²) in [4.78, 5) is 37.9. The number of thioether (sulfide) groups is 1. The van der Waals surface area contributed by atoms with Gasteiger partial charge in [-0.15, -0.1) is 16.9 Å². The zero-order valence-corrected chi connectivity index (χ0v) is 22.3. The number of unbranched alkanes of at least 4 members (excludes halogenated alkanes) is 4. The summed E-state index contributed by atoms with van der Waals surface area (Å²) in [7, 11) is 1.56. The number of nitrogens with zero attached hydrogens (tertiary/aromatic N) is 3. The van der Waals surface area contributed by atoms with Gasteiger partial charge in [0.2, 0.25) is 5.82 Å². The van der Waals surface area contributed by atoms with Crippen molar-refractivity contribution in [3.8, 4) is 0 Å². The van der Waals surface area contributed by atoms with Gasteiger partial charge in [-0.2, -0.15) is 0 Å². The van der Waals surface area contributed by atoms with Crippen molar-refractivity contribution in [1.82, 2.24) is 14.3 Å². The number of aryl methyl sites for hydroxylation is 2. The molecule has 0 aliphatic heterocycles. The summed E-state index contributed by atoms with van der Waals surface area (Å²) < 4.78 is 1.64. The Morgan fingerprint density at radius 1 is 1.11 bits per heavy atom. The minimum atomic E-state index is -0.847. The zero-order chi connectivity index (χ0) is 25.8. The van der Waals surface area contributed by atoms with Gasteiger partial charge in [0, 0.05) is 25.0 Å². The predicted octanol–water partition coefficient (Wildman–Crippen LogP) is 4.69. The van der Waals surface area contributed by atoms with Crippen molar-refractivity contribution in [2.45, 2.75) is 94.7 Å². The summed E-state index contributed by atoms with van der Waals surface area (Å²) in [6.45, 7) is 6.87. The van der Waals surface area contributed by atoms with Crippen LogP contribution < -0.4 is 16.6 Å². The van der Waals surface area contributed by atoms with E-state index in [0.29, 0.717) is 19.5 Å². The van der Waals surface area contributed by atoms with E-state index < -0.39 is 10.7 Å². The number of carboxylic acid groups (broad SMARTS) is 1. The van der Waals surface area contributed by atoms with Crippen molar-refractivity contribution in [3.63, 3.8) is 0 Å². The molecule has 1 heterocycles. The number of benzene rings is 1. The summed E-state index contributed by atoms with van der Waals surface area (Å²) in [5.74, 6) is -0.600. The maximum atomic E-state index is 12.8. The number of aromatic nitrogens is 3. The molecule has 35 heavy (non-hydrogen) atoms. The second-order valence-electron chi connectivity index (χ2n) is 9.19. The van der Waals surface area contributed by atoms with Crippen LogP contribution in [0.25, 0.3) is 0 Å². The average molecular weight is 505 g/mol. The van der Waals surface area contributed by atoms with Crippen molar-refractivity contribution < 1.29 is 9.90 Å². The highest BCUT2D eigenvalue weighted by Crippen LogP contribution is 2.37. The highest BCUT2D eigenvalue weighted by Gasteiger charge is 2.33. The summed E-state index contributed by atoms with van der Waals surface area (Å²) in [6, 6.07) is 7.96. The standard InChI is InChI=1S/C26H40N4O4S/c1-5-7-8-9-10-18-30-23(31)22(28-29(4)25(30)34)27-17-12-14-20-13-11-15-21(19-20)35-26(3,16-6-2)24(32)33/h11,13,15,19H,5-10,12,14,16-18H2,1-4H3,(H,27,28)(H,32,33). The van der Waals surface area contributed by atoms with Crippen LogP contribution in [0.2, 0.25) is 0 Å². The Balaban J connectivity index is 1.96.